The van der Waals surface area contributed by atoms with Gasteiger partial charge in [0.15, 0.2) is 0 Å². The van der Waals surface area contributed by atoms with E-state index in [4.69, 9.17) is 9.47 Å². The Hall–Kier alpha value is -3.32. The van der Waals surface area contributed by atoms with E-state index in [2.05, 4.69) is 20.5 Å². The fourth-order valence-corrected chi connectivity index (χ4v) is 2.83. The van der Waals surface area contributed by atoms with Gasteiger partial charge in [0.05, 0.1) is 18.3 Å². The molecule has 1 heterocycles. The van der Waals surface area contributed by atoms with Crippen LogP contribution >= 0.6 is 0 Å². The summed E-state index contributed by atoms with van der Waals surface area (Å²) in [5, 5.41) is 6.57. The Kier molecular flexibility index (Phi) is 6.86. The van der Waals surface area contributed by atoms with Gasteiger partial charge in [-0.15, -0.1) is 0 Å². The van der Waals surface area contributed by atoms with E-state index in [1.54, 1.807) is 19.4 Å². The summed E-state index contributed by atoms with van der Waals surface area (Å²) in [6, 6.07) is 14.8. The highest BCUT2D eigenvalue weighted by atomic mass is 16.5. The van der Waals surface area contributed by atoms with Gasteiger partial charge in [-0.25, -0.2) is 4.79 Å². The zero-order valence-electron chi connectivity index (χ0n) is 16.9. The maximum Gasteiger partial charge on any atom is 0.319 e. The Balaban J connectivity index is 1.56. The number of likely N-dealkylation sites (N-methyl/N-ethyl adjacent to an activating group) is 1. The Labute approximate surface area is 170 Å². The lowest BCUT2D eigenvalue weighted by Gasteiger charge is -2.12. The minimum Gasteiger partial charge on any atom is -0.496 e. The Morgan fingerprint density at radius 3 is 2.62 bits per heavy atom. The molecule has 7 heteroatoms. The number of aromatic nitrogens is 1. The predicted molar refractivity (Wildman–Crippen MR) is 115 cm³/mol. The maximum absolute atomic E-state index is 12.3. The number of amides is 2. The lowest BCUT2D eigenvalue weighted by molar-refractivity contribution is 0.252. The molecule has 0 saturated heterocycles. The van der Waals surface area contributed by atoms with Crippen LogP contribution < -0.4 is 20.1 Å². The van der Waals surface area contributed by atoms with Crippen LogP contribution in [0.15, 0.2) is 54.7 Å². The number of para-hydroxylation sites is 1. The maximum atomic E-state index is 12.3. The van der Waals surface area contributed by atoms with E-state index in [1.807, 2.05) is 56.6 Å². The molecule has 0 aliphatic rings. The summed E-state index contributed by atoms with van der Waals surface area (Å²) in [5.74, 6) is 1.53. The number of benzene rings is 2. The van der Waals surface area contributed by atoms with Crippen LogP contribution in [0.4, 0.5) is 10.5 Å². The van der Waals surface area contributed by atoms with E-state index >= 15 is 0 Å². The first kappa shape index (κ1) is 20.4. The normalized spacial score (nSPS) is 10.8. The highest BCUT2D eigenvalue weighted by Crippen LogP contribution is 2.28. The van der Waals surface area contributed by atoms with E-state index in [0.717, 1.165) is 23.2 Å². The van der Waals surface area contributed by atoms with Crippen molar-refractivity contribution in [3.8, 4) is 11.5 Å². The first-order valence-electron chi connectivity index (χ1n) is 9.40. The van der Waals surface area contributed by atoms with Crippen molar-refractivity contribution in [1.82, 2.24) is 15.2 Å². The summed E-state index contributed by atoms with van der Waals surface area (Å²) in [6.07, 6.45) is 1.66. The number of urea groups is 1. The number of ether oxygens (including phenoxy) is 2. The van der Waals surface area contributed by atoms with Gasteiger partial charge in [-0.2, -0.15) is 0 Å². The molecule has 7 nitrogen and oxygen atoms in total. The molecule has 2 N–H and O–H groups in total. The minimum absolute atomic E-state index is 0.298. The molecule has 3 rings (SSSR count). The molecule has 0 unspecified atom stereocenters. The summed E-state index contributed by atoms with van der Waals surface area (Å²) in [7, 11) is 5.63. The predicted octanol–water partition coefficient (Wildman–Crippen LogP) is 3.51. The molecule has 0 saturated carbocycles. The first-order chi connectivity index (χ1) is 14.1. The number of methoxy groups -OCH3 is 1. The fraction of sp³-hybridized carbons (Fsp3) is 0.273. The van der Waals surface area contributed by atoms with Gasteiger partial charge in [-0.3, -0.25) is 4.98 Å². The quantitative estimate of drug-likeness (QED) is 0.612. The van der Waals surface area contributed by atoms with Crippen molar-refractivity contribution in [2.24, 2.45) is 0 Å². The van der Waals surface area contributed by atoms with Crippen molar-refractivity contribution in [3.63, 3.8) is 0 Å². The molecular weight excluding hydrogens is 368 g/mol. The summed E-state index contributed by atoms with van der Waals surface area (Å²) in [4.78, 5) is 18.8. The van der Waals surface area contributed by atoms with Gasteiger partial charge < -0.3 is 25.0 Å². The monoisotopic (exact) mass is 394 g/mol. The number of anilines is 1. The molecule has 0 fully saturated rings. The third-order valence-electron chi connectivity index (χ3n) is 4.38. The standard InChI is InChI=1S/C22H26N4O3/c1-26(2)13-14-29-17-9-7-16(8-10-17)15-24-22(27)25-19-6-4-5-18-20(28-3)11-12-23-21(18)19/h4-12H,13-15H2,1-3H3,(H2,24,25,27). The molecule has 2 amide bonds. The number of fused-ring (bicyclic) bond motifs is 1. The molecule has 0 radical (unpaired) electrons. The molecule has 1 aromatic heterocycles. The lowest BCUT2D eigenvalue weighted by Crippen LogP contribution is -2.28. The van der Waals surface area contributed by atoms with Gasteiger partial charge in [-0.1, -0.05) is 18.2 Å². The lowest BCUT2D eigenvalue weighted by atomic mass is 10.1. The molecule has 0 spiro atoms. The van der Waals surface area contributed by atoms with Crippen LogP contribution in [0.3, 0.4) is 0 Å². The van der Waals surface area contributed by atoms with Gasteiger partial charge in [0, 0.05) is 24.7 Å². The number of carbonyl (C=O) groups excluding carboxylic acids is 1. The second-order valence-electron chi connectivity index (χ2n) is 6.82. The third kappa shape index (κ3) is 5.58. The average Bonchev–Trinajstić information content (AvgIpc) is 2.73. The molecule has 29 heavy (non-hydrogen) atoms. The Morgan fingerprint density at radius 1 is 1.10 bits per heavy atom. The van der Waals surface area contributed by atoms with Gasteiger partial charge in [0.1, 0.15) is 18.1 Å². The number of hydrogen-bond donors (Lipinski definition) is 2. The van der Waals surface area contributed by atoms with E-state index in [0.29, 0.717) is 30.1 Å². The number of nitrogens with one attached hydrogen (secondary N) is 2. The zero-order valence-corrected chi connectivity index (χ0v) is 16.9. The highest BCUT2D eigenvalue weighted by molar-refractivity contribution is 6.01. The van der Waals surface area contributed by atoms with Crippen LogP contribution in [-0.4, -0.2) is 50.3 Å². The Bertz CT molecular complexity index is 958. The summed E-state index contributed by atoms with van der Waals surface area (Å²) >= 11 is 0. The number of pyridine rings is 1. The molecule has 0 aliphatic heterocycles. The van der Waals surface area contributed by atoms with Crippen LogP contribution in [-0.2, 0) is 6.54 Å². The van der Waals surface area contributed by atoms with Crippen LogP contribution in [0.1, 0.15) is 5.56 Å². The number of carbonyl (C=O) groups is 1. The zero-order chi connectivity index (χ0) is 20.6. The highest BCUT2D eigenvalue weighted by Gasteiger charge is 2.09. The van der Waals surface area contributed by atoms with Crippen molar-refractivity contribution >= 4 is 22.6 Å². The number of hydrogen-bond acceptors (Lipinski definition) is 5. The van der Waals surface area contributed by atoms with Crippen molar-refractivity contribution < 1.29 is 14.3 Å². The third-order valence-corrected chi connectivity index (χ3v) is 4.38. The molecular formula is C22H26N4O3. The summed E-state index contributed by atoms with van der Waals surface area (Å²) in [6.45, 7) is 1.90. The SMILES string of the molecule is COc1ccnc2c(NC(=O)NCc3ccc(OCCN(C)C)cc3)cccc12. The second-order valence-corrected chi connectivity index (χ2v) is 6.82. The summed E-state index contributed by atoms with van der Waals surface area (Å²) in [5.41, 5.74) is 2.29. The van der Waals surface area contributed by atoms with E-state index in [1.165, 1.54) is 0 Å². The van der Waals surface area contributed by atoms with Gasteiger partial charge in [-0.05, 0) is 50.0 Å². The molecule has 3 aromatic rings. The average molecular weight is 394 g/mol. The molecule has 0 atom stereocenters. The molecule has 2 aromatic carbocycles. The number of nitrogens with zero attached hydrogens (tertiary/aromatic N) is 2. The van der Waals surface area contributed by atoms with Crippen molar-refractivity contribution in [2.45, 2.75) is 6.54 Å². The largest absolute Gasteiger partial charge is 0.496 e. The first-order valence-corrected chi connectivity index (χ1v) is 9.40. The van der Waals surface area contributed by atoms with Crippen LogP contribution in [0.25, 0.3) is 10.9 Å². The van der Waals surface area contributed by atoms with Crippen LogP contribution in [0.2, 0.25) is 0 Å². The second kappa shape index (κ2) is 9.75. The molecule has 0 aliphatic carbocycles. The van der Waals surface area contributed by atoms with Crippen LogP contribution in [0, 0.1) is 0 Å². The van der Waals surface area contributed by atoms with E-state index < -0.39 is 0 Å². The smallest absolute Gasteiger partial charge is 0.319 e. The van der Waals surface area contributed by atoms with Gasteiger partial charge in [0.2, 0.25) is 0 Å². The number of rotatable bonds is 8. The van der Waals surface area contributed by atoms with Crippen molar-refractivity contribution in [1.29, 1.82) is 0 Å². The van der Waals surface area contributed by atoms with Gasteiger partial charge in [0.25, 0.3) is 0 Å². The molecule has 0 bridgehead atoms. The van der Waals surface area contributed by atoms with Crippen LogP contribution in [0.5, 0.6) is 11.5 Å². The van der Waals surface area contributed by atoms with Crippen molar-refractivity contribution in [2.75, 3.05) is 39.7 Å². The topological polar surface area (TPSA) is 75.7 Å². The van der Waals surface area contributed by atoms with E-state index in [-0.39, 0.29) is 6.03 Å². The van der Waals surface area contributed by atoms with Crippen molar-refractivity contribution in [3.05, 3.63) is 60.3 Å². The minimum atomic E-state index is -0.298. The van der Waals surface area contributed by atoms with E-state index in [9.17, 15) is 4.79 Å². The Morgan fingerprint density at radius 2 is 1.90 bits per heavy atom. The van der Waals surface area contributed by atoms with Gasteiger partial charge >= 0.3 is 6.03 Å². The molecule has 152 valence electrons. The fourth-order valence-electron chi connectivity index (χ4n) is 2.83. The summed E-state index contributed by atoms with van der Waals surface area (Å²) < 4.78 is 11.0.